The first-order chi connectivity index (χ1) is 11.5. The number of anilines is 1. The number of para-hydroxylation sites is 1. The van der Waals surface area contributed by atoms with Crippen molar-refractivity contribution in [2.45, 2.75) is 33.1 Å². The first kappa shape index (κ1) is 16.8. The van der Waals surface area contributed by atoms with Gasteiger partial charge in [-0.05, 0) is 25.0 Å². The van der Waals surface area contributed by atoms with E-state index in [1.807, 2.05) is 43.0 Å². The van der Waals surface area contributed by atoms with Crippen molar-refractivity contribution in [1.82, 2.24) is 10.2 Å². The summed E-state index contributed by atoms with van der Waals surface area (Å²) in [7, 11) is 0. The van der Waals surface area contributed by atoms with Gasteiger partial charge in [0.05, 0.1) is 10.7 Å². The quantitative estimate of drug-likeness (QED) is 0.908. The first-order valence-electron chi connectivity index (χ1n) is 8.21. The highest BCUT2D eigenvalue weighted by atomic mass is 35.5. The third-order valence-corrected chi connectivity index (χ3v) is 5.08. The van der Waals surface area contributed by atoms with Crippen molar-refractivity contribution in [2.75, 3.05) is 18.2 Å². The van der Waals surface area contributed by atoms with E-state index in [9.17, 15) is 9.59 Å². The molecule has 1 aromatic carbocycles. The van der Waals surface area contributed by atoms with Crippen LogP contribution in [0.3, 0.4) is 0 Å². The summed E-state index contributed by atoms with van der Waals surface area (Å²) in [5.41, 5.74) is 0.0964. The van der Waals surface area contributed by atoms with E-state index in [2.05, 4.69) is 10.3 Å². The fourth-order valence-corrected chi connectivity index (χ4v) is 3.74. The summed E-state index contributed by atoms with van der Waals surface area (Å²) in [4.78, 5) is 33.0. The molecule has 3 amide bonds. The summed E-state index contributed by atoms with van der Waals surface area (Å²) >= 11 is 6.26. The van der Waals surface area contributed by atoms with Gasteiger partial charge in [-0.2, -0.15) is 0 Å². The maximum Gasteiger partial charge on any atom is 0.331 e. The molecule has 3 rings (SSSR count). The molecule has 1 fully saturated rings. The lowest BCUT2D eigenvalue weighted by molar-refractivity contribution is -0.128. The van der Waals surface area contributed by atoms with Crippen LogP contribution in [0.2, 0.25) is 5.02 Å². The van der Waals surface area contributed by atoms with Crippen LogP contribution in [0.4, 0.5) is 10.5 Å². The summed E-state index contributed by atoms with van der Waals surface area (Å²) < 4.78 is 0. The predicted molar refractivity (Wildman–Crippen MR) is 94.1 cm³/mol. The van der Waals surface area contributed by atoms with E-state index in [1.54, 1.807) is 4.90 Å². The van der Waals surface area contributed by atoms with E-state index in [0.717, 1.165) is 12.1 Å². The lowest BCUT2D eigenvalue weighted by Crippen LogP contribution is -2.67. The number of aliphatic imine (C=N–C) groups is 1. The van der Waals surface area contributed by atoms with Gasteiger partial charge in [0, 0.05) is 0 Å². The summed E-state index contributed by atoms with van der Waals surface area (Å²) in [5.74, 6) is 0.349. The largest absolute Gasteiger partial charge is 0.332 e. The van der Waals surface area contributed by atoms with E-state index in [0.29, 0.717) is 37.0 Å². The number of fused-ring (bicyclic) bond motifs is 1. The normalized spacial score (nSPS) is 23.7. The lowest BCUT2D eigenvalue weighted by atomic mass is 9.76. The molecule has 1 N–H and O–H groups in total. The van der Waals surface area contributed by atoms with Crippen molar-refractivity contribution in [3.05, 3.63) is 29.3 Å². The number of nitrogens with zero attached hydrogens (tertiary/aromatic N) is 3. The highest BCUT2D eigenvalue weighted by molar-refractivity contribution is 6.33. The molecule has 1 aromatic rings. The Bertz CT molecular complexity index is 706. The minimum Gasteiger partial charge on any atom is -0.332 e. The second-order valence-corrected chi connectivity index (χ2v) is 6.54. The Balaban J connectivity index is 1.99. The van der Waals surface area contributed by atoms with Crippen LogP contribution in [-0.2, 0) is 4.79 Å². The Morgan fingerprint density at radius 1 is 1.29 bits per heavy atom. The third kappa shape index (κ3) is 2.55. The molecule has 1 unspecified atom stereocenters. The van der Waals surface area contributed by atoms with Crippen molar-refractivity contribution in [1.29, 1.82) is 0 Å². The maximum atomic E-state index is 12.5. The number of hydrogen-bond acceptors (Lipinski definition) is 4. The average Bonchev–Trinajstić information content (AvgIpc) is 2.59. The topological polar surface area (TPSA) is 65.0 Å². The standard InChI is InChI=1S/C17H21ClN4O2/c1-3-9-17(4-2)14-19-10-21(13-8-6-5-7-12(13)18)11-22(14)16(24)20-15(17)23/h5-8H,3-4,9-11H2,1-2H3,(H,20,23,24). The number of imide groups is 1. The number of carbonyl (C=O) groups is 2. The van der Waals surface area contributed by atoms with Crippen LogP contribution in [0.1, 0.15) is 33.1 Å². The molecule has 6 nitrogen and oxygen atoms in total. The second kappa shape index (κ2) is 6.43. The molecule has 0 aromatic heterocycles. The number of carbonyl (C=O) groups excluding carboxylic acids is 2. The van der Waals surface area contributed by atoms with Gasteiger partial charge in [-0.15, -0.1) is 0 Å². The summed E-state index contributed by atoms with van der Waals surface area (Å²) in [6.45, 7) is 4.70. The molecule has 0 aliphatic carbocycles. The van der Waals surface area contributed by atoms with E-state index in [1.165, 1.54) is 0 Å². The molecule has 1 saturated heterocycles. The van der Waals surface area contributed by atoms with Crippen molar-refractivity contribution in [3.8, 4) is 0 Å². The molecule has 0 saturated carbocycles. The number of hydrogen-bond donors (Lipinski definition) is 1. The molecule has 24 heavy (non-hydrogen) atoms. The Hall–Kier alpha value is -2.08. The second-order valence-electron chi connectivity index (χ2n) is 6.13. The summed E-state index contributed by atoms with van der Waals surface area (Å²) in [6, 6.07) is 7.04. The molecule has 0 spiro atoms. The van der Waals surface area contributed by atoms with Crippen molar-refractivity contribution < 1.29 is 9.59 Å². The number of amidine groups is 1. The SMILES string of the molecule is CCCC1(CC)C(=O)NC(=O)N2CN(c3ccccc3Cl)CN=C21. The molecule has 2 aliphatic heterocycles. The van der Waals surface area contributed by atoms with Crippen LogP contribution in [0.25, 0.3) is 0 Å². The molecular formula is C17H21ClN4O2. The molecule has 1 atom stereocenters. The van der Waals surface area contributed by atoms with E-state index >= 15 is 0 Å². The van der Waals surface area contributed by atoms with Gasteiger partial charge >= 0.3 is 6.03 Å². The first-order valence-corrected chi connectivity index (χ1v) is 8.58. The van der Waals surface area contributed by atoms with Crippen LogP contribution in [0.15, 0.2) is 29.3 Å². The Labute approximate surface area is 146 Å². The zero-order valence-electron chi connectivity index (χ0n) is 13.9. The van der Waals surface area contributed by atoms with Gasteiger partial charge in [0.2, 0.25) is 5.91 Å². The van der Waals surface area contributed by atoms with Crippen molar-refractivity contribution >= 4 is 35.1 Å². The van der Waals surface area contributed by atoms with Crippen LogP contribution in [0.5, 0.6) is 0 Å². The molecule has 0 radical (unpaired) electrons. The number of benzene rings is 1. The van der Waals surface area contributed by atoms with Gasteiger partial charge in [-0.3, -0.25) is 15.0 Å². The fraction of sp³-hybridized carbons (Fsp3) is 0.471. The number of halogens is 1. The number of urea groups is 1. The average molecular weight is 349 g/mol. The molecule has 2 aliphatic rings. The highest BCUT2D eigenvalue weighted by Gasteiger charge is 2.51. The monoisotopic (exact) mass is 348 g/mol. The van der Waals surface area contributed by atoms with Gasteiger partial charge in [-0.1, -0.05) is 44.0 Å². The zero-order valence-corrected chi connectivity index (χ0v) is 14.6. The van der Waals surface area contributed by atoms with Gasteiger partial charge in [-0.25, -0.2) is 9.79 Å². The van der Waals surface area contributed by atoms with Crippen LogP contribution in [0, 0.1) is 5.41 Å². The maximum absolute atomic E-state index is 12.5. The Morgan fingerprint density at radius 2 is 2.04 bits per heavy atom. The van der Waals surface area contributed by atoms with Gasteiger partial charge < -0.3 is 4.90 Å². The van der Waals surface area contributed by atoms with Crippen LogP contribution < -0.4 is 10.2 Å². The fourth-order valence-electron chi connectivity index (χ4n) is 3.48. The lowest BCUT2D eigenvalue weighted by Gasteiger charge is -2.46. The molecule has 2 heterocycles. The summed E-state index contributed by atoms with van der Waals surface area (Å²) in [5, 5.41) is 3.11. The van der Waals surface area contributed by atoms with Gasteiger partial charge in [0.25, 0.3) is 0 Å². The Morgan fingerprint density at radius 3 is 2.71 bits per heavy atom. The zero-order chi connectivity index (χ0) is 17.3. The number of nitrogens with one attached hydrogen (secondary N) is 1. The van der Waals surface area contributed by atoms with E-state index in [4.69, 9.17) is 11.6 Å². The van der Waals surface area contributed by atoms with Crippen molar-refractivity contribution in [2.24, 2.45) is 10.4 Å². The number of rotatable bonds is 4. The predicted octanol–water partition coefficient (Wildman–Crippen LogP) is 3.22. The minimum absolute atomic E-state index is 0.238. The van der Waals surface area contributed by atoms with Crippen LogP contribution in [-0.4, -0.2) is 36.0 Å². The molecule has 7 heteroatoms. The van der Waals surface area contributed by atoms with Crippen LogP contribution >= 0.6 is 11.6 Å². The highest BCUT2D eigenvalue weighted by Crippen LogP contribution is 2.37. The molecule has 128 valence electrons. The summed E-state index contributed by atoms with van der Waals surface area (Å²) in [6.07, 6.45) is 2.13. The van der Waals surface area contributed by atoms with E-state index in [-0.39, 0.29) is 5.91 Å². The van der Waals surface area contributed by atoms with Gasteiger partial charge in [0.1, 0.15) is 24.6 Å². The number of amides is 3. The minimum atomic E-state index is -0.727. The molecule has 0 bridgehead atoms. The van der Waals surface area contributed by atoms with Crippen molar-refractivity contribution in [3.63, 3.8) is 0 Å². The van der Waals surface area contributed by atoms with E-state index < -0.39 is 11.4 Å². The smallest absolute Gasteiger partial charge is 0.331 e. The third-order valence-electron chi connectivity index (χ3n) is 4.76. The Kier molecular flexibility index (Phi) is 4.49. The van der Waals surface area contributed by atoms with Gasteiger partial charge in [0.15, 0.2) is 0 Å². The molecular weight excluding hydrogens is 328 g/mol.